The molecule has 0 spiro atoms. The van der Waals surface area contributed by atoms with Crippen LogP contribution in [0.5, 0.6) is 5.75 Å². The van der Waals surface area contributed by atoms with Crippen molar-refractivity contribution in [3.8, 4) is 28.5 Å². The fourth-order valence-corrected chi connectivity index (χ4v) is 3.92. The Morgan fingerprint density at radius 3 is 2.86 bits per heavy atom. The van der Waals surface area contributed by atoms with Crippen LogP contribution in [-0.2, 0) is 10.2 Å². The molecule has 1 fully saturated rings. The molecule has 29 heavy (non-hydrogen) atoms. The SMILES string of the molecule is COc1cccc(-c2cc(C3(C(=O)Nc4nc(-c5ccco5)cs4)CC3)no2)c1. The molecule has 0 bridgehead atoms. The van der Waals surface area contributed by atoms with Crippen LogP contribution in [0.25, 0.3) is 22.8 Å². The monoisotopic (exact) mass is 407 g/mol. The Bertz CT molecular complexity index is 1160. The molecule has 1 amide bonds. The summed E-state index contributed by atoms with van der Waals surface area (Å²) in [6.45, 7) is 0. The van der Waals surface area contributed by atoms with E-state index in [0.29, 0.717) is 28.0 Å². The summed E-state index contributed by atoms with van der Waals surface area (Å²) >= 11 is 1.36. The number of methoxy groups -OCH3 is 1. The number of furan rings is 1. The van der Waals surface area contributed by atoms with Gasteiger partial charge in [-0.2, -0.15) is 0 Å². The first-order valence-corrected chi connectivity index (χ1v) is 9.98. The average Bonchev–Trinajstić information content (AvgIpc) is 3.18. The molecular weight excluding hydrogens is 390 g/mol. The Hall–Kier alpha value is -3.39. The lowest BCUT2D eigenvalue weighted by molar-refractivity contribution is -0.118. The van der Waals surface area contributed by atoms with Crippen molar-refractivity contribution in [3.63, 3.8) is 0 Å². The highest BCUT2D eigenvalue weighted by molar-refractivity contribution is 7.14. The minimum atomic E-state index is -0.670. The van der Waals surface area contributed by atoms with Crippen LogP contribution in [0.1, 0.15) is 18.5 Å². The van der Waals surface area contributed by atoms with Gasteiger partial charge in [0.05, 0.1) is 24.5 Å². The van der Waals surface area contributed by atoms with Crippen LogP contribution in [0.15, 0.2) is 63.0 Å². The topological polar surface area (TPSA) is 90.4 Å². The zero-order valence-electron chi connectivity index (χ0n) is 15.5. The standard InChI is InChI=1S/C21H17N3O4S/c1-26-14-5-2-4-13(10-14)17-11-18(24-28-17)21(7-8-21)19(25)23-20-22-15(12-29-20)16-6-3-9-27-16/h2-6,9-12H,7-8H2,1H3,(H,22,23,25). The number of anilines is 1. The van der Waals surface area contributed by atoms with Crippen LogP contribution in [-0.4, -0.2) is 23.2 Å². The summed E-state index contributed by atoms with van der Waals surface area (Å²) in [7, 11) is 1.62. The summed E-state index contributed by atoms with van der Waals surface area (Å²) in [5.74, 6) is 1.88. The number of amides is 1. The van der Waals surface area contributed by atoms with Crippen LogP contribution in [0.2, 0.25) is 0 Å². The van der Waals surface area contributed by atoms with Gasteiger partial charge in [-0.15, -0.1) is 11.3 Å². The quantitative estimate of drug-likeness (QED) is 0.497. The summed E-state index contributed by atoms with van der Waals surface area (Å²) in [6.07, 6.45) is 3.04. The van der Waals surface area contributed by atoms with E-state index in [1.165, 1.54) is 11.3 Å². The van der Waals surface area contributed by atoms with E-state index in [-0.39, 0.29) is 5.91 Å². The van der Waals surface area contributed by atoms with Crippen molar-refractivity contribution in [2.24, 2.45) is 0 Å². The van der Waals surface area contributed by atoms with Crippen molar-refractivity contribution in [3.05, 3.63) is 59.8 Å². The number of ether oxygens (including phenoxy) is 1. The number of thiazole rings is 1. The number of aromatic nitrogens is 2. The molecule has 4 aromatic rings. The van der Waals surface area contributed by atoms with Crippen molar-refractivity contribution in [2.75, 3.05) is 12.4 Å². The van der Waals surface area contributed by atoms with Gasteiger partial charge in [-0.05, 0) is 37.1 Å². The molecule has 0 atom stereocenters. The Morgan fingerprint density at radius 2 is 2.10 bits per heavy atom. The third kappa shape index (κ3) is 3.21. The van der Waals surface area contributed by atoms with Gasteiger partial charge in [0.25, 0.3) is 0 Å². The van der Waals surface area contributed by atoms with E-state index >= 15 is 0 Å². The molecule has 1 aliphatic rings. The van der Waals surface area contributed by atoms with E-state index in [2.05, 4.69) is 15.5 Å². The van der Waals surface area contributed by atoms with Gasteiger partial charge in [0.2, 0.25) is 5.91 Å². The molecule has 146 valence electrons. The second-order valence-corrected chi connectivity index (χ2v) is 7.72. The largest absolute Gasteiger partial charge is 0.497 e. The summed E-state index contributed by atoms with van der Waals surface area (Å²) < 4.78 is 16.1. The number of rotatable bonds is 6. The van der Waals surface area contributed by atoms with E-state index in [0.717, 1.165) is 24.2 Å². The summed E-state index contributed by atoms with van der Waals surface area (Å²) in [5, 5.41) is 9.48. The van der Waals surface area contributed by atoms with E-state index in [1.807, 2.05) is 41.8 Å². The van der Waals surface area contributed by atoms with Crippen LogP contribution in [0, 0.1) is 0 Å². The van der Waals surface area contributed by atoms with Crippen LogP contribution >= 0.6 is 11.3 Å². The van der Waals surface area contributed by atoms with Crippen LogP contribution in [0.4, 0.5) is 5.13 Å². The average molecular weight is 407 g/mol. The lowest BCUT2D eigenvalue weighted by atomic mass is 10.0. The Labute approximate surface area is 170 Å². The minimum absolute atomic E-state index is 0.122. The van der Waals surface area contributed by atoms with Gasteiger partial charge in [-0.1, -0.05) is 17.3 Å². The highest BCUT2D eigenvalue weighted by Crippen LogP contribution is 2.49. The second-order valence-electron chi connectivity index (χ2n) is 6.86. The van der Waals surface area contributed by atoms with Crippen LogP contribution < -0.4 is 10.1 Å². The van der Waals surface area contributed by atoms with E-state index < -0.39 is 5.41 Å². The molecule has 0 unspecified atom stereocenters. The number of carbonyl (C=O) groups is 1. The van der Waals surface area contributed by atoms with E-state index in [4.69, 9.17) is 13.7 Å². The Kier molecular flexibility index (Phi) is 4.21. The van der Waals surface area contributed by atoms with Crippen molar-refractivity contribution in [1.82, 2.24) is 10.1 Å². The maximum atomic E-state index is 13.0. The molecule has 8 heteroatoms. The lowest BCUT2D eigenvalue weighted by Gasteiger charge is -2.10. The molecule has 1 N–H and O–H groups in total. The fourth-order valence-electron chi connectivity index (χ4n) is 3.22. The first kappa shape index (κ1) is 17.7. The van der Waals surface area contributed by atoms with Gasteiger partial charge < -0.3 is 19.0 Å². The molecular formula is C21H17N3O4S. The molecule has 7 nitrogen and oxygen atoms in total. The number of hydrogen-bond donors (Lipinski definition) is 1. The van der Waals surface area contributed by atoms with Gasteiger partial charge in [0.1, 0.15) is 11.4 Å². The summed E-state index contributed by atoms with van der Waals surface area (Å²) in [6, 6.07) is 13.0. The van der Waals surface area contributed by atoms with Gasteiger partial charge in [0.15, 0.2) is 16.7 Å². The molecule has 1 aromatic carbocycles. The van der Waals surface area contributed by atoms with E-state index in [9.17, 15) is 4.79 Å². The smallest absolute Gasteiger partial charge is 0.238 e. The fraction of sp³-hybridized carbons (Fsp3) is 0.190. The molecule has 3 aromatic heterocycles. The van der Waals surface area contributed by atoms with E-state index in [1.54, 1.807) is 19.4 Å². The van der Waals surface area contributed by atoms with Gasteiger partial charge >= 0.3 is 0 Å². The number of carbonyl (C=O) groups excluding carboxylic acids is 1. The van der Waals surface area contributed by atoms with Crippen LogP contribution in [0.3, 0.4) is 0 Å². The first-order valence-electron chi connectivity index (χ1n) is 9.10. The van der Waals surface area contributed by atoms with Crippen molar-refractivity contribution in [2.45, 2.75) is 18.3 Å². The minimum Gasteiger partial charge on any atom is -0.497 e. The maximum absolute atomic E-state index is 13.0. The number of nitrogens with one attached hydrogen (secondary N) is 1. The highest BCUT2D eigenvalue weighted by Gasteiger charge is 2.54. The predicted octanol–water partition coefficient (Wildman–Crippen LogP) is 4.74. The molecule has 1 aliphatic carbocycles. The summed E-state index contributed by atoms with van der Waals surface area (Å²) in [4.78, 5) is 17.4. The zero-order chi connectivity index (χ0) is 19.8. The second kappa shape index (κ2) is 6.89. The molecule has 0 aliphatic heterocycles. The van der Waals surface area contributed by atoms with Gasteiger partial charge in [-0.25, -0.2) is 4.98 Å². The molecule has 3 heterocycles. The predicted molar refractivity (Wildman–Crippen MR) is 108 cm³/mol. The Balaban J connectivity index is 1.35. The third-order valence-corrected chi connectivity index (χ3v) is 5.80. The first-order chi connectivity index (χ1) is 14.2. The maximum Gasteiger partial charge on any atom is 0.238 e. The lowest BCUT2D eigenvalue weighted by Crippen LogP contribution is -2.28. The molecule has 0 saturated heterocycles. The molecule has 5 rings (SSSR count). The van der Waals surface area contributed by atoms with Crippen molar-refractivity contribution in [1.29, 1.82) is 0 Å². The number of nitrogens with zero attached hydrogens (tertiary/aromatic N) is 2. The molecule has 0 radical (unpaired) electrons. The van der Waals surface area contributed by atoms with Crippen molar-refractivity contribution >= 4 is 22.4 Å². The zero-order valence-corrected chi connectivity index (χ0v) is 16.4. The summed E-state index contributed by atoms with van der Waals surface area (Å²) in [5.41, 5.74) is 1.51. The van der Waals surface area contributed by atoms with Crippen molar-refractivity contribution < 1.29 is 18.5 Å². The third-order valence-electron chi connectivity index (χ3n) is 5.04. The highest BCUT2D eigenvalue weighted by atomic mass is 32.1. The van der Waals surface area contributed by atoms with Gasteiger partial charge in [0, 0.05) is 17.0 Å². The van der Waals surface area contributed by atoms with Gasteiger partial charge in [-0.3, -0.25) is 4.79 Å². The number of hydrogen-bond acceptors (Lipinski definition) is 7. The molecule has 1 saturated carbocycles. The number of benzene rings is 1. The Morgan fingerprint density at radius 1 is 1.21 bits per heavy atom. The normalized spacial score (nSPS) is 14.5.